The molecule has 1 spiro atoms. The van der Waals surface area contributed by atoms with E-state index in [1.807, 2.05) is 60.7 Å². The van der Waals surface area contributed by atoms with Crippen LogP contribution in [-0.2, 0) is 5.41 Å². The molecule has 4 heteroatoms. The molecule has 11 aromatic rings. The summed E-state index contributed by atoms with van der Waals surface area (Å²) in [4.78, 5) is 15.5. The van der Waals surface area contributed by atoms with Gasteiger partial charge >= 0.3 is 0 Å². The number of furan rings is 1. The average molecular weight is 790 g/mol. The van der Waals surface area contributed by atoms with E-state index in [2.05, 4.69) is 152 Å². The van der Waals surface area contributed by atoms with Gasteiger partial charge in [0.1, 0.15) is 11.2 Å². The summed E-state index contributed by atoms with van der Waals surface area (Å²) in [5, 5.41) is 2.02. The molecule has 288 valence electrons. The maximum absolute atomic E-state index is 6.29. The zero-order chi connectivity index (χ0) is 40.8. The first-order chi connectivity index (χ1) is 30.8. The number of hydrogen-bond acceptors (Lipinski definition) is 4. The van der Waals surface area contributed by atoms with Gasteiger partial charge in [0, 0.05) is 27.5 Å². The largest absolute Gasteiger partial charge is 0.456 e. The number of fused-ring (bicyclic) bond motifs is 13. The summed E-state index contributed by atoms with van der Waals surface area (Å²) in [5.41, 5.74) is 19.1. The van der Waals surface area contributed by atoms with E-state index < -0.39 is 0 Å². The highest BCUT2D eigenvalue weighted by Gasteiger charge is 2.51. The van der Waals surface area contributed by atoms with Gasteiger partial charge in [0.2, 0.25) is 0 Å². The van der Waals surface area contributed by atoms with Gasteiger partial charge in [-0.1, -0.05) is 200 Å². The van der Waals surface area contributed by atoms with Crippen molar-refractivity contribution in [2.45, 2.75) is 5.41 Å². The molecule has 9 aromatic carbocycles. The molecule has 0 N–H and O–H groups in total. The fraction of sp³-hybridized carbons (Fsp3) is 0.0172. The molecule has 4 nitrogen and oxygen atoms in total. The Morgan fingerprint density at radius 3 is 1.48 bits per heavy atom. The van der Waals surface area contributed by atoms with Gasteiger partial charge in [-0.2, -0.15) is 0 Å². The van der Waals surface area contributed by atoms with Crippen molar-refractivity contribution >= 4 is 21.9 Å². The molecule has 0 bridgehead atoms. The van der Waals surface area contributed by atoms with Crippen LogP contribution in [0, 0.1) is 0 Å². The molecule has 2 aromatic heterocycles. The van der Waals surface area contributed by atoms with E-state index in [1.165, 1.54) is 55.6 Å². The smallest absolute Gasteiger partial charge is 0.164 e. The lowest BCUT2D eigenvalue weighted by Gasteiger charge is -2.30. The van der Waals surface area contributed by atoms with E-state index in [4.69, 9.17) is 19.4 Å². The van der Waals surface area contributed by atoms with E-state index >= 15 is 0 Å². The first kappa shape index (κ1) is 34.6. The molecular weight excluding hydrogens is 755 g/mol. The number of hydrogen-bond donors (Lipinski definition) is 0. The van der Waals surface area contributed by atoms with Gasteiger partial charge < -0.3 is 4.42 Å². The number of aromatic nitrogens is 3. The molecule has 2 aliphatic rings. The third kappa shape index (κ3) is 4.92. The minimum Gasteiger partial charge on any atom is -0.456 e. The van der Waals surface area contributed by atoms with Crippen LogP contribution in [0.2, 0.25) is 0 Å². The summed E-state index contributed by atoms with van der Waals surface area (Å²) in [7, 11) is 0. The summed E-state index contributed by atoms with van der Waals surface area (Å²) in [5.74, 6) is 1.82. The van der Waals surface area contributed by atoms with Crippen molar-refractivity contribution < 1.29 is 4.42 Å². The van der Waals surface area contributed by atoms with Crippen LogP contribution in [-0.4, -0.2) is 15.0 Å². The molecule has 13 rings (SSSR count). The Morgan fingerprint density at radius 1 is 0.290 bits per heavy atom. The maximum atomic E-state index is 6.29. The second kappa shape index (κ2) is 13.4. The topological polar surface area (TPSA) is 51.8 Å². The minimum absolute atomic E-state index is 0.383. The quantitative estimate of drug-likeness (QED) is 0.174. The molecule has 2 aliphatic carbocycles. The van der Waals surface area contributed by atoms with Crippen LogP contribution >= 0.6 is 0 Å². The van der Waals surface area contributed by atoms with Crippen molar-refractivity contribution in [3.8, 4) is 78.7 Å². The number of nitrogens with zero attached hydrogens (tertiary/aromatic N) is 3. The number of para-hydroxylation sites is 1. The van der Waals surface area contributed by atoms with Crippen molar-refractivity contribution in [3.05, 3.63) is 235 Å². The lowest BCUT2D eigenvalue weighted by atomic mass is 9.70. The van der Waals surface area contributed by atoms with Crippen LogP contribution in [0.25, 0.3) is 101 Å². The molecule has 0 saturated carbocycles. The van der Waals surface area contributed by atoms with E-state index in [-0.39, 0.29) is 5.41 Å². The Balaban J connectivity index is 0.952. The van der Waals surface area contributed by atoms with Crippen LogP contribution in [0.4, 0.5) is 0 Å². The highest BCUT2D eigenvalue weighted by molar-refractivity contribution is 6.12. The van der Waals surface area contributed by atoms with Crippen molar-refractivity contribution in [2.75, 3.05) is 0 Å². The Labute approximate surface area is 358 Å². The van der Waals surface area contributed by atoms with Crippen LogP contribution in [0.3, 0.4) is 0 Å². The summed E-state index contributed by atoms with van der Waals surface area (Å²) in [6.45, 7) is 0. The third-order valence-corrected chi connectivity index (χ3v) is 13.0. The molecule has 62 heavy (non-hydrogen) atoms. The first-order valence-corrected chi connectivity index (χ1v) is 21.1. The summed E-state index contributed by atoms with van der Waals surface area (Å²) in [6.07, 6.45) is 0. The highest BCUT2D eigenvalue weighted by Crippen LogP contribution is 2.64. The Kier molecular flexibility index (Phi) is 7.49. The van der Waals surface area contributed by atoms with Crippen molar-refractivity contribution in [2.24, 2.45) is 0 Å². The fourth-order valence-corrected chi connectivity index (χ4v) is 10.4. The zero-order valence-corrected chi connectivity index (χ0v) is 33.5. The van der Waals surface area contributed by atoms with Gasteiger partial charge in [-0.25, -0.2) is 15.0 Å². The predicted molar refractivity (Wildman–Crippen MR) is 251 cm³/mol. The van der Waals surface area contributed by atoms with Crippen molar-refractivity contribution in [3.63, 3.8) is 0 Å². The Hall–Kier alpha value is -8.21. The summed E-state index contributed by atoms with van der Waals surface area (Å²) < 4.78 is 6.29. The molecular formula is C58H35N3O. The minimum atomic E-state index is -0.383. The van der Waals surface area contributed by atoms with Crippen molar-refractivity contribution in [1.29, 1.82) is 0 Å². The molecule has 0 amide bonds. The lowest BCUT2D eigenvalue weighted by molar-refractivity contribution is 0.669. The summed E-state index contributed by atoms with van der Waals surface area (Å²) >= 11 is 0. The number of benzene rings is 9. The van der Waals surface area contributed by atoms with E-state index in [0.29, 0.717) is 17.5 Å². The second-order valence-electron chi connectivity index (χ2n) is 16.2. The Bertz CT molecular complexity index is 3540. The molecule has 0 atom stereocenters. The molecule has 0 saturated heterocycles. The maximum Gasteiger partial charge on any atom is 0.164 e. The van der Waals surface area contributed by atoms with E-state index in [9.17, 15) is 0 Å². The highest BCUT2D eigenvalue weighted by atomic mass is 16.3. The standard InChI is InChI=1S/C58H35N3O/c1-2-16-38(17-3-1)55-59-56(61-57(60-55)46-25-15-31-52-54(46)45-23-9-13-30-51(45)62-52)43-21-5-4-18-39(43)36-32-34-37(35-33-36)40-24-14-29-50-53(40)44-22-8-12-28-49(44)58(50)47-26-10-6-19-41(47)42-20-7-11-27-48(42)58/h1-35H. The monoisotopic (exact) mass is 789 g/mol. The van der Waals surface area contributed by atoms with Gasteiger partial charge in [-0.15, -0.1) is 0 Å². The van der Waals surface area contributed by atoms with Crippen molar-refractivity contribution in [1.82, 2.24) is 15.0 Å². The van der Waals surface area contributed by atoms with Crippen LogP contribution in [0.5, 0.6) is 0 Å². The first-order valence-electron chi connectivity index (χ1n) is 21.1. The van der Waals surface area contributed by atoms with Gasteiger partial charge in [0.15, 0.2) is 17.5 Å². The van der Waals surface area contributed by atoms with E-state index in [1.54, 1.807) is 0 Å². The normalized spacial score (nSPS) is 13.0. The number of rotatable bonds is 5. The van der Waals surface area contributed by atoms with Crippen LogP contribution in [0.1, 0.15) is 22.3 Å². The molecule has 2 heterocycles. The Morgan fingerprint density at radius 2 is 0.758 bits per heavy atom. The molecule has 0 fully saturated rings. The lowest BCUT2D eigenvalue weighted by Crippen LogP contribution is -2.25. The zero-order valence-electron chi connectivity index (χ0n) is 33.5. The van der Waals surface area contributed by atoms with E-state index in [0.717, 1.165) is 49.8 Å². The van der Waals surface area contributed by atoms with Crippen LogP contribution in [0.15, 0.2) is 217 Å². The van der Waals surface area contributed by atoms with Gasteiger partial charge in [0.25, 0.3) is 0 Å². The van der Waals surface area contributed by atoms with Gasteiger partial charge in [-0.05, 0) is 78.9 Å². The summed E-state index contributed by atoms with van der Waals surface area (Å²) in [6, 6.07) is 75.6. The molecule has 0 radical (unpaired) electrons. The van der Waals surface area contributed by atoms with Gasteiger partial charge in [0.05, 0.1) is 5.41 Å². The molecule has 0 aliphatic heterocycles. The SMILES string of the molecule is c1ccc(-c2nc(-c3ccccc3-c3ccc(-c4cccc5c4-c4ccccc4C54c5ccccc5-c5ccccc54)cc3)nc(-c3cccc4oc5ccccc5c34)n2)cc1. The average Bonchev–Trinajstić information content (AvgIpc) is 3.99. The third-order valence-electron chi connectivity index (χ3n) is 13.0. The second-order valence-corrected chi connectivity index (χ2v) is 16.2. The predicted octanol–water partition coefficient (Wildman–Crippen LogP) is 14.4. The van der Waals surface area contributed by atoms with Crippen LogP contribution < -0.4 is 0 Å². The van der Waals surface area contributed by atoms with Gasteiger partial charge in [-0.3, -0.25) is 0 Å². The molecule has 0 unspecified atom stereocenters. The fourth-order valence-electron chi connectivity index (χ4n) is 10.4.